The SMILES string of the molecule is CC[CH]OC(=O)C(C)c1ccccc1. The van der Waals surface area contributed by atoms with Gasteiger partial charge in [0.15, 0.2) is 0 Å². The Morgan fingerprint density at radius 1 is 1.43 bits per heavy atom. The first kappa shape index (κ1) is 10.8. The van der Waals surface area contributed by atoms with E-state index in [1.807, 2.05) is 44.2 Å². The van der Waals surface area contributed by atoms with Gasteiger partial charge >= 0.3 is 5.97 Å². The van der Waals surface area contributed by atoms with Crippen LogP contribution in [0.4, 0.5) is 0 Å². The van der Waals surface area contributed by atoms with E-state index in [0.717, 1.165) is 12.0 Å². The molecule has 0 aliphatic rings. The fraction of sp³-hybridized carbons (Fsp3) is 0.333. The monoisotopic (exact) mass is 191 g/mol. The minimum Gasteiger partial charge on any atom is -0.458 e. The molecule has 1 aromatic rings. The zero-order valence-corrected chi connectivity index (χ0v) is 8.57. The number of carbonyl (C=O) groups excluding carboxylic acids is 1. The van der Waals surface area contributed by atoms with Gasteiger partial charge in [0, 0.05) is 0 Å². The van der Waals surface area contributed by atoms with Gasteiger partial charge in [-0.25, -0.2) is 0 Å². The Balaban J connectivity index is 2.57. The smallest absolute Gasteiger partial charge is 0.313 e. The molecule has 0 saturated heterocycles. The van der Waals surface area contributed by atoms with Crippen LogP contribution in [-0.4, -0.2) is 5.97 Å². The van der Waals surface area contributed by atoms with Crippen LogP contribution >= 0.6 is 0 Å². The van der Waals surface area contributed by atoms with Gasteiger partial charge in [-0.2, -0.15) is 0 Å². The molecule has 0 heterocycles. The van der Waals surface area contributed by atoms with Crippen LogP contribution in [0.1, 0.15) is 31.7 Å². The van der Waals surface area contributed by atoms with Gasteiger partial charge in [-0.3, -0.25) is 4.79 Å². The van der Waals surface area contributed by atoms with Crippen LogP contribution in [-0.2, 0) is 9.53 Å². The van der Waals surface area contributed by atoms with Gasteiger partial charge in [0.2, 0.25) is 0 Å². The third-order valence-electron chi connectivity index (χ3n) is 2.02. The average molecular weight is 191 g/mol. The van der Waals surface area contributed by atoms with E-state index in [1.165, 1.54) is 6.61 Å². The maximum absolute atomic E-state index is 11.4. The quantitative estimate of drug-likeness (QED) is 0.684. The fourth-order valence-electron chi connectivity index (χ4n) is 1.15. The van der Waals surface area contributed by atoms with E-state index in [-0.39, 0.29) is 11.9 Å². The van der Waals surface area contributed by atoms with Gasteiger partial charge < -0.3 is 4.74 Å². The number of esters is 1. The zero-order valence-electron chi connectivity index (χ0n) is 8.57. The molecule has 14 heavy (non-hydrogen) atoms. The summed E-state index contributed by atoms with van der Waals surface area (Å²) in [6.07, 6.45) is 0.743. The number of ether oxygens (including phenoxy) is 1. The number of rotatable bonds is 4. The van der Waals surface area contributed by atoms with E-state index in [4.69, 9.17) is 4.74 Å². The molecule has 2 heteroatoms. The maximum atomic E-state index is 11.4. The van der Waals surface area contributed by atoms with Gasteiger partial charge in [-0.1, -0.05) is 37.3 Å². The molecule has 75 valence electrons. The number of benzene rings is 1. The second-order valence-corrected chi connectivity index (χ2v) is 3.14. The summed E-state index contributed by atoms with van der Waals surface area (Å²) in [4.78, 5) is 11.4. The van der Waals surface area contributed by atoms with E-state index in [9.17, 15) is 4.79 Å². The molecule has 1 rings (SSSR count). The van der Waals surface area contributed by atoms with E-state index in [0.29, 0.717) is 0 Å². The molecule has 0 fully saturated rings. The summed E-state index contributed by atoms with van der Waals surface area (Å²) in [7, 11) is 0. The molecule has 0 N–H and O–H groups in total. The standard InChI is InChI=1S/C12H15O2/c1-3-9-14-12(13)10(2)11-7-5-4-6-8-11/h4-10H,3H2,1-2H3. The molecule has 1 atom stereocenters. The second-order valence-electron chi connectivity index (χ2n) is 3.14. The van der Waals surface area contributed by atoms with Crippen LogP contribution in [0.25, 0.3) is 0 Å². The lowest BCUT2D eigenvalue weighted by atomic mass is 10.0. The van der Waals surface area contributed by atoms with Gasteiger partial charge in [0.25, 0.3) is 0 Å². The van der Waals surface area contributed by atoms with Crippen molar-refractivity contribution in [2.75, 3.05) is 0 Å². The molecule has 1 radical (unpaired) electrons. The van der Waals surface area contributed by atoms with Gasteiger partial charge in [-0.05, 0) is 18.9 Å². The minimum absolute atomic E-state index is 0.195. The highest BCUT2D eigenvalue weighted by Gasteiger charge is 2.15. The van der Waals surface area contributed by atoms with Crippen molar-refractivity contribution < 1.29 is 9.53 Å². The lowest BCUT2D eigenvalue weighted by Crippen LogP contribution is -2.11. The Morgan fingerprint density at radius 2 is 2.07 bits per heavy atom. The number of carbonyl (C=O) groups is 1. The van der Waals surface area contributed by atoms with Crippen LogP contribution < -0.4 is 0 Å². The number of hydrogen-bond acceptors (Lipinski definition) is 2. The summed E-state index contributed by atoms with van der Waals surface area (Å²) in [5, 5.41) is 0. The van der Waals surface area contributed by atoms with Crippen molar-refractivity contribution >= 4 is 5.97 Å². The van der Waals surface area contributed by atoms with E-state index in [1.54, 1.807) is 0 Å². The first-order chi connectivity index (χ1) is 6.75. The molecule has 0 aromatic heterocycles. The van der Waals surface area contributed by atoms with Crippen molar-refractivity contribution in [2.24, 2.45) is 0 Å². The van der Waals surface area contributed by atoms with Crippen LogP contribution in [0.5, 0.6) is 0 Å². The van der Waals surface area contributed by atoms with Crippen molar-refractivity contribution in [1.29, 1.82) is 0 Å². The summed E-state index contributed by atoms with van der Waals surface area (Å²) in [6.45, 7) is 5.31. The molecule has 0 bridgehead atoms. The molecular formula is C12H15O2. The lowest BCUT2D eigenvalue weighted by molar-refractivity contribution is -0.141. The minimum atomic E-state index is -0.196. The Morgan fingerprint density at radius 3 is 2.64 bits per heavy atom. The van der Waals surface area contributed by atoms with Crippen molar-refractivity contribution in [2.45, 2.75) is 26.2 Å². The van der Waals surface area contributed by atoms with Crippen molar-refractivity contribution in [3.8, 4) is 0 Å². The highest BCUT2D eigenvalue weighted by molar-refractivity contribution is 5.77. The van der Waals surface area contributed by atoms with Crippen LogP contribution in [0.3, 0.4) is 0 Å². The Kier molecular flexibility index (Phi) is 4.17. The highest BCUT2D eigenvalue weighted by atomic mass is 16.5. The molecule has 0 spiro atoms. The predicted octanol–water partition coefficient (Wildman–Crippen LogP) is 2.91. The largest absolute Gasteiger partial charge is 0.458 e. The first-order valence-corrected chi connectivity index (χ1v) is 4.82. The van der Waals surface area contributed by atoms with E-state index < -0.39 is 0 Å². The molecule has 1 aromatic carbocycles. The normalized spacial score (nSPS) is 12.1. The highest BCUT2D eigenvalue weighted by Crippen LogP contribution is 2.16. The fourth-order valence-corrected chi connectivity index (χ4v) is 1.15. The van der Waals surface area contributed by atoms with Gasteiger partial charge in [0.05, 0.1) is 5.92 Å². The average Bonchev–Trinajstić information content (AvgIpc) is 2.26. The Bertz CT molecular complexity index is 280. The topological polar surface area (TPSA) is 26.3 Å². The molecule has 1 unspecified atom stereocenters. The van der Waals surface area contributed by atoms with E-state index in [2.05, 4.69) is 0 Å². The number of hydrogen-bond donors (Lipinski definition) is 0. The second kappa shape index (κ2) is 5.43. The van der Waals surface area contributed by atoms with Gasteiger partial charge in [-0.15, -0.1) is 0 Å². The molecular weight excluding hydrogens is 176 g/mol. The Hall–Kier alpha value is -1.31. The van der Waals surface area contributed by atoms with Crippen LogP contribution in [0.15, 0.2) is 30.3 Å². The summed E-state index contributed by atoms with van der Waals surface area (Å²) < 4.78 is 4.94. The van der Waals surface area contributed by atoms with Crippen molar-refractivity contribution in [1.82, 2.24) is 0 Å². The van der Waals surface area contributed by atoms with Crippen LogP contribution in [0, 0.1) is 6.61 Å². The van der Waals surface area contributed by atoms with Crippen molar-refractivity contribution in [3.05, 3.63) is 42.5 Å². The van der Waals surface area contributed by atoms with Gasteiger partial charge in [0.1, 0.15) is 6.61 Å². The van der Waals surface area contributed by atoms with Crippen molar-refractivity contribution in [3.63, 3.8) is 0 Å². The maximum Gasteiger partial charge on any atom is 0.313 e. The summed E-state index contributed by atoms with van der Waals surface area (Å²) in [5.74, 6) is -0.392. The predicted molar refractivity (Wildman–Crippen MR) is 55.5 cm³/mol. The summed E-state index contributed by atoms with van der Waals surface area (Å²) >= 11 is 0. The zero-order chi connectivity index (χ0) is 10.4. The third-order valence-corrected chi connectivity index (χ3v) is 2.02. The van der Waals surface area contributed by atoms with E-state index >= 15 is 0 Å². The molecule has 0 amide bonds. The molecule has 0 saturated carbocycles. The summed E-state index contributed by atoms with van der Waals surface area (Å²) in [5.41, 5.74) is 0.988. The Labute approximate surface area is 84.9 Å². The summed E-state index contributed by atoms with van der Waals surface area (Å²) in [6, 6.07) is 9.63. The first-order valence-electron chi connectivity index (χ1n) is 4.82. The lowest BCUT2D eigenvalue weighted by Gasteiger charge is -2.10. The third kappa shape index (κ3) is 2.87. The molecule has 0 aliphatic carbocycles. The van der Waals surface area contributed by atoms with Crippen LogP contribution in [0.2, 0.25) is 0 Å². The molecule has 2 nitrogen and oxygen atoms in total. The molecule has 0 aliphatic heterocycles.